The van der Waals surface area contributed by atoms with E-state index in [1.165, 1.54) is 36.4 Å². The number of nitrogens with one attached hydrogen (secondary N) is 1. The molecule has 178 valence electrons. The van der Waals surface area contributed by atoms with Crippen molar-refractivity contribution in [2.24, 2.45) is 10.9 Å². The van der Waals surface area contributed by atoms with Crippen molar-refractivity contribution in [2.75, 3.05) is 37.7 Å². The summed E-state index contributed by atoms with van der Waals surface area (Å²) in [6.45, 7) is 4.11. The van der Waals surface area contributed by atoms with Crippen molar-refractivity contribution < 1.29 is 23.6 Å². The summed E-state index contributed by atoms with van der Waals surface area (Å²) < 4.78 is 18.3. The average Bonchev–Trinajstić information content (AvgIpc) is 2.84. The Morgan fingerprint density at radius 2 is 1.74 bits per heavy atom. The number of benzene rings is 2. The first kappa shape index (κ1) is 23.1. The van der Waals surface area contributed by atoms with E-state index in [-0.39, 0.29) is 18.1 Å². The highest BCUT2D eigenvalue weighted by Gasteiger charge is 2.42. The fourth-order valence-corrected chi connectivity index (χ4v) is 4.09. The maximum absolute atomic E-state index is 13.2. The van der Waals surface area contributed by atoms with Crippen molar-refractivity contribution in [3.63, 3.8) is 0 Å². The standard InChI is InChI=1S/C23H24FN5O5/c1-2-34-22(31)19-20(15-3-7-18(8-4-15)29(32)33)25-23(26-21(19)30)28-13-11-27(12-14-28)17-9-5-16(24)6-10-17/h3-10,19-20H,2,11-14H2,1H3,(H,25,26,30)/t19-,20+/m0/s1. The smallest absolute Gasteiger partial charge is 0.321 e. The van der Waals surface area contributed by atoms with Gasteiger partial charge in [0.05, 0.1) is 11.5 Å². The van der Waals surface area contributed by atoms with Gasteiger partial charge in [0, 0.05) is 44.0 Å². The number of anilines is 1. The van der Waals surface area contributed by atoms with E-state index in [0.29, 0.717) is 37.7 Å². The summed E-state index contributed by atoms with van der Waals surface area (Å²) in [4.78, 5) is 44.7. The van der Waals surface area contributed by atoms with E-state index in [4.69, 9.17) is 4.74 Å². The molecule has 2 aliphatic heterocycles. The average molecular weight is 469 g/mol. The number of amides is 1. The van der Waals surface area contributed by atoms with E-state index in [2.05, 4.69) is 15.2 Å². The largest absolute Gasteiger partial charge is 0.465 e. The Bertz CT molecular complexity index is 1100. The van der Waals surface area contributed by atoms with Crippen molar-refractivity contribution in [1.29, 1.82) is 0 Å². The number of non-ortho nitro benzene ring substituents is 1. The summed E-state index contributed by atoms with van der Waals surface area (Å²) in [6.07, 6.45) is 0. The highest BCUT2D eigenvalue weighted by Crippen LogP contribution is 2.32. The fraction of sp³-hybridized carbons (Fsp3) is 0.348. The molecule has 1 fully saturated rings. The van der Waals surface area contributed by atoms with Crippen LogP contribution < -0.4 is 10.2 Å². The van der Waals surface area contributed by atoms with Gasteiger partial charge in [0.2, 0.25) is 11.9 Å². The van der Waals surface area contributed by atoms with Crippen LogP contribution in [0.1, 0.15) is 18.5 Å². The van der Waals surface area contributed by atoms with Crippen LogP contribution in [0.25, 0.3) is 0 Å². The first-order chi connectivity index (χ1) is 16.4. The normalized spacial score (nSPS) is 20.4. The van der Waals surface area contributed by atoms with E-state index >= 15 is 0 Å². The first-order valence-corrected chi connectivity index (χ1v) is 10.9. The Labute approximate surface area is 195 Å². The highest BCUT2D eigenvalue weighted by atomic mass is 19.1. The van der Waals surface area contributed by atoms with Gasteiger partial charge in [-0.05, 0) is 36.8 Å². The second kappa shape index (κ2) is 9.86. The second-order valence-electron chi connectivity index (χ2n) is 7.92. The minimum Gasteiger partial charge on any atom is -0.465 e. The molecule has 0 aromatic heterocycles. The fourth-order valence-electron chi connectivity index (χ4n) is 4.09. The SMILES string of the molecule is CCOC(=O)[C@@H]1C(=O)NC(N2CCN(c3ccc(F)cc3)CC2)=N[C@@H]1c1ccc([N+](=O)[O-])cc1. The molecule has 34 heavy (non-hydrogen) atoms. The number of carbonyl (C=O) groups excluding carboxylic acids is 2. The van der Waals surface area contributed by atoms with Gasteiger partial charge in [0.25, 0.3) is 5.69 Å². The van der Waals surface area contributed by atoms with Gasteiger partial charge >= 0.3 is 5.97 Å². The quantitative estimate of drug-likeness (QED) is 0.309. The van der Waals surface area contributed by atoms with Gasteiger partial charge < -0.3 is 14.5 Å². The number of halogens is 1. The molecule has 2 heterocycles. The number of carbonyl (C=O) groups is 2. The molecule has 1 N–H and O–H groups in total. The van der Waals surface area contributed by atoms with E-state index in [0.717, 1.165) is 5.69 Å². The number of nitro benzene ring substituents is 1. The molecule has 4 rings (SSSR count). The predicted octanol–water partition coefficient (Wildman–Crippen LogP) is 2.26. The molecule has 0 radical (unpaired) electrons. The zero-order chi connectivity index (χ0) is 24.2. The van der Waals surface area contributed by atoms with Crippen LogP contribution in [0.5, 0.6) is 0 Å². The minimum atomic E-state index is -1.20. The number of hydrogen-bond donors (Lipinski definition) is 1. The number of piperazine rings is 1. The Hall–Kier alpha value is -4.02. The molecular formula is C23H24FN5O5. The van der Waals surface area contributed by atoms with Gasteiger partial charge in [0.1, 0.15) is 11.9 Å². The molecule has 0 saturated carbocycles. The maximum atomic E-state index is 13.2. The van der Waals surface area contributed by atoms with E-state index in [1.807, 2.05) is 4.90 Å². The molecule has 0 aliphatic carbocycles. The number of hydrogen-bond acceptors (Lipinski definition) is 8. The summed E-state index contributed by atoms with van der Waals surface area (Å²) in [5.74, 6) is -2.39. The van der Waals surface area contributed by atoms with E-state index in [9.17, 15) is 24.1 Å². The van der Waals surface area contributed by atoms with E-state index < -0.39 is 28.8 Å². The van der Waals surface area contributed by atoms with Crippen LogP contribution in [0.3, 0.4) is 0 Å². The lowest BCUT2D eigenvalue weighted by Crippen LogP contribution is -2.57. The Morgan fingerprint density at radius 1 is 1.12 bits per heavy atom. The van der Waals surface area contributed by atoms with Crippen LogP contribution >= 0.6 is 0 Å². The van der Waals surface area contributed by atoms with Crippen LogP contribution in [0.2, 0.25) is 0 Å². The van der Waals surface area contributed by atoms with Gasteiger partial charge in [-0.15, -0.1) is 0 Å². The molecule has 2 aromatic carbocycles. The van der Waals surface area contributed by atoms with Crippen LogP contribution in [-0.4, -0.2) is 60.4 Å². The third-order valence-corrected chi connectivity index (χ3v) is 5.85. The summed E-state index contributed by atoms with van der Waals surface area (Å²) in [7, 11) is 0. The third kappa shape index (κ3) is 4.82. The lowest BCUT2D eigenvalue weighted by molar-refractivity contribution is -0.384. The van der Waals surface area contributed by atoms with Gasteiger partial charge in [-0.2, -0.15) is 0 Å². The van der Waals surface area contributed by atoms with Gasteiger partial charge in [-0.3, -0.25) is 25.0 Å². The van der Waals surface area contributed by atoms with Crippen molar-refractivity contribution in [3.8, 4) is 0 Å². The van der Waals surface area contributed by atoms with Crippen molar-refractivity contribution in [2.45, 2.75) is 13.0 Å². The number of nitro groups is 1. The minimum absolute atomic E-state index is 0.0992. The Morgan fingerprint density at radius 3 is 2.32 bits per heavy atom. The highest BCUT2D eigenvalue weighted by molar-refractivity contribution is 6.08. The van der Waals surface area contributed by atoms with Crippen LogP contribution in [-0.2, 0) is 14.3 Å². The first-order valence-electron chi connectivity index (χ1n) is 10.9. The molecule has 2 aliphatic rings. The number of guanidine groups is 1. The maximum Gasteiger partial charge on any atom is 0.321 e. The van der Waals surface area contributed by atoms with Crippen LogP contribution in [0.15, 0.2) is 53.5 Å². The summed E-state index contributed by atoms with van der Waals surface area (Å²) in [5, 5.41) is 13.7. The van der Waals surface area contributed by atoms with Gasteiger partial charge in [0.15, 0.2) is 5.92 Å². The number of aliphatic imine (C=N–C) groups is 1. The molecule has 0 bridgehead atoms. The molecule has 0 spiro atoms. The number of ether oxygens (including phenoxy) is 1. The predicted molar refractivity (Wildman–Crippen MR) is 122 cm³/mol. The molecule has 2 atom stereocenters. The number of rotatable bonds is 5. The van der Waals surface area contributed by atoms with Crippen molar-refractivity contribution in [1.82, 2.24) is 10.2 Å². The van der Waals surface area contributed by atoms with E-state index in [1.54, 1.807) is 19.1 Å². The van der Waals surface area contributed by atoms with Crippen LogP contribution in [0.4, 0.5) is 15.8 Å². The van der Waals surface area contributed by atoms with Gasteiger partial charge in [-0.25, -0.2) is 9.38 Å². The van der Waals surface area contributed by atoms with Crippen LogP contribution in [0, 0.1) is 21.8 Å². The Kier molecular flexibility index (Phi) is 6.71. The molecule has 1 saturated heterocycles. The second-order valence-corrected chi connectivity index (χ2v) is 7.92. The van der Waals surface area contributed by atoms with Crippen molar-refractivity contribution in [3.05, 3.63) is 70.0 Å². The molecule has 11 heteroatoms. The summed E-state index contributed by atoms with van der Waals surface area (Å²) in [6, 6.07) is 11.0. The lowest BCUT2D eigenvalue weighted by atomic mass is 9.91. The number of nitrogens with zero attached hydrogens (tertiary/aromatic N) is 4. The molecule has 2 aromatic rings. The molecule has 10 nitrogen and oxygen atoms in total. The third-order valence-electron chi connectivity index (χ3n) is 5.85. The molecule has 1 amide bonds. The number of esters is 1. The zero-order valence-electron chi connectivity index (χ0n) is 18.5. The zero-order valence-corrected chi connectivity index (χ0v) is 18.5. The Balaban J connectivity index is 1.57. The molecule has 0 unspecified atom stereocenters. The summed E-state index contributed by atoms with van der Waals surface area (Å²) in [5.41, 5.74) is 1.31. The summed E-state index contributed by atoms with van der Waals surface area (Å²) >= 11 is 0. The lowest BCUT2D eigenvalue weighted by Gasteiger charge is -2.39. The van der Waals surface area contributed by atoms with Gasteiger partial charge in [-0.1, -0.05) is 12.1 Å². The monoisotopic (exact) mass is 469 g/mol. The topological polar surface area (TPSA) is 117 Å². The van der Waals surface area contributed by atoms with Crippen molar-refractivity contribution >= 4 is 29.2 Å². The molecular weight excluding hydrogens is 445 g/mol.